The van der Waals surface area contributed by atoms with Gasteiger partial charge in [0.05, 0.1) is 29.9 Å². The Bertz CT molecular complexity index is 782. The normalized spacial score (nSPS) is 19.3. The molecule has 4 rings (SSSR count). The van der Waals surface area contributed by atoms with Gasteiger partial charge in [-0.1, -0.05) is 17.3 Å². The molecule has 1 saturated carbocycles. The van der Waals surface area contributed by atoms with Gasteiger partial charge in [-0.2, -0.15) is 0 Å². The van der Waals surface area contributed by atoms with Crippen LogP contribution in [0, 0.1) is 5.82 Å². The maximum Gasteiger partial charge on any atom is 0.232 e. The van der Waals surface area contributed by atoms with E-state index in [2.05, 4.69) is 15.4 Å². The molecule has 0 radical (unpaired) electrons. The van der Waals surface area contributed by atoms with Crippen molar-refractivity contribution in [3.63, 3.8) is 0 Å². The lowest BCUT2D eigenvalue weighted by Crippen LogP contribution is -2.43. The van der Waals surface area contributed by atoms with E-state index >= 15 is 0 Å². The van der Waals surface area contributed by atoms with Gasteiger partial charge < -0.3 is 14.6 Å². The molecule has 2 fully saturated rings. The van der Waals surface area contributed by atoms with E-state index in [-0.39, 0.29) is 11.7 Å². The van der Waals surface area contributed by atoms with E-state index in [0.29, 0.717) is 23.6 Å². The average Bonchev–Trinajstić information content (AvgIpc) is 3.34. The van der Waals surface area contributed by atoms with Crippen LogP contribution in [-0.2, 0) is 14.9 Å². The van der Waals surface area contributed by atoms with E-state index in [1.165, 1.54) is 6.07 Å². The molecule has 7 heteroatoms. The predicted octanol–water partition coefficient (Wildman–Crippen LogP) is 1.96. The van der Waals surface area contributed by atoms with Gasteiger partial charge in [0, 0.05) is 32.2 Å². The molecule has 1 aromatic heterocycles. The van der Waals surface area contributed by atoms with Crippen molar-refractivity contribution < 1.29 is 18.4 Å². The second-order valence-electron chi connectivity index (χ2n) is 6.85. The summed E-state index contributed by atoms with van der Waals surface area (Å²) in [5.41, 5.74) is 0.312. The SMILES string of the molecule is O=C(NCCN1CCOCC1)C1(c2cc(-c3ccccc3F)on2)CC1. The van der Waals surface area contributed by atoms with Gasteiger partial charge in [0.25, 0.3) is 0 Å². The summed E-state index contributed by atoms with van der Waals surface area (Å²) in [7, 11) is 0. The molecule has 1 aromatic carbocycles. The maximum absolute atomic E-state index is 13.9. The second-order valence-corrected chi connectivity index (χ2v) is 6.85. The zero-order valence-corrected chi connectivity index (χ0v) is 14.5. The predicted molar refractivity (Wildman–Crippen MR) is 93.1 cm³/mol. The Morgan fingerprint density at radius 2 is 2.04 bits per heavy atom. The molecule has 1 amide bonds. The lowest BCUT2D eigenvalue weighted by atomic mass is 10.0. The molecular weight excluding hydrogens is 337 g/mol. The van der Waals surface area contributed by atoms with Gasteiger partial charge in [0.15, 0.2) is 5.76 Å². The van der Waals surface area contributed by atoms with Gasteiger partial charge in [0.1, 0.15) is 5.82 Å². The number of amides is 1. The van der Waals surface area contributed by atoms with Crippen molar-refractivity contribution >= 4 is 5.91 Å². The number of ether oxygens (including phenoxy) is 1. The Morgan fingerprint density at radius 1 is 1.27 bits per heavy atom. The minimum Gasteiger partial charge on any atom is -0.379 e. The average molecular weight is 359 g/mol. The fraction of sp³-hybridized carbons (Fsp3) is 0.474. The number of carbonyl (C=O) groups is 1. The van der Waals surface area contributed by atoms with Gasteiger partial charge in [-0.15, -0.1) is 0 Å². The summed E-state index contributed by atoms with van der Waals surface area (Å²) in [6, 6.07) is 8.07. The van der Waals surface area contributed by atoms with E-state index in [9.17, 15) is 9.18 Å². The largest absolute Gasteiger partial charge is 0.379 e. The molecule has 1 aliphatic heterocycles. The quantitative estimate of drug-likeness (QED) is 0.854. The lowest BCUT2D eigenvalue weighted by molar-refractivity contribution is -0.123. The second kappa shape index (κ2) is 7.17. The number of rotatable bonds is 6. The van der Waals surface area contributed by atoms with E-state index in [1.54, 1.807) is 24.3 Å². The van der Waals surface area contributed by atoms with Gasteiger partial charge in [-0.3, -0.25) is 9.69 Å². The monoisotopic (exact) mass is 359 g/mol. The van der Waals surface area contributed by atoms with Gasteiger partial charge >= 0.3 is 0 Å². The highest BCUT2D eigenvalue weighted by Crippen LogP contribution is 2.48. The van der Waals surface area contributed by atoms with Crippen LogP contribution in [0.1, 0.15) is 18.5 Å². The number of hydrogen-bond acceptors (Lipinski definition) is 5. The highest BCUT2D eigenvalue weighted by molar-refractivity contribution is 5.91. The van der Waals surface area contributed by atoms with Crippen LogP contribution in [0.4, 0.5) is 4.39 Å². The summed E-state index contributed by atoms with van der Waals surface area (Å²) in [6.07, 6.45) is 1.47. The molecule has 1 saturated heterocycles. The van der Waals surface area contributed by atoms with Crippen LogP contribution in [-0.4, -0.2) is 55.4 Å². The summed E-state index contributed by atoms with van der Waals surface area (Å²) in [5.74, 6) is -0.0420. The fourth-order valence-corrected chi connectivity index (χ4v) is 3.33. The zero-order chi connectivity index (χ0) is 18.0. The van der Waals surface area contributed by atoms with Crippen LogP contribution in [0.25, 0.3) is 11.3 Å². The minimum atomic E-state index is -0.627. The number of morpholine rings is 1. The molecule has 0 unspecified atom stereocenters. The van der Waals surface area contributed by atoms with Gasteiger partial charge in [-0.05, 0) is 25.0 Å². The first-order valence-corrected chi connectivity index (χ1v) is 8.99. The standard InChI is InChI=1S/C19H22FN3O3/c20-15-4-2-1-3-14(15)16-13-17(22-26-16)19(5-6-19)18(24)21-7-8-23-9-11-25-12-10-23/h1-4,13H,5-12H2,(H,21,24). The van der Waals surface area contributed by atoms with E-state index < -0.39 is 5.41 Å². The topological polar surface area (TPSA) is 67.6 Å². The number of hydrogen-bond donors (Lipinski definition) is 1. The molecule has 0 spiro atoms. The molecule has 0 atom stereocenters. The van der Waals surface area contributed by atoms with Crippen LogP contribution in [0.15, 0.2) is 34.9 Å². The summed E-state index contributed by atoms with van der Waals surface area (Å²) < 4.78 is 24.6. The molecule has 26 heavy (non-hydrogen) atoms. The fourth-order valence-electron chi connectivity index (χ4n) is 3.33. The molecule has 2 aliphatic rings. The molecular formula is C19H22FN3O3. The number of carbonyl (C=O) groups excluding carboxylic acids is 1. The van der Waals surface area contributed by atoms with E-state index in [4.69, 9.17) is 9.26 Å². The van der Waals surface area contributed by atoms with E-state index in [1.807, 2.05) is 0 Å². The van der Waals surface area contributed by atoms with Crippen molar-refractivity contribution in [3.05, 3.63) is 41.8 Å². The Kier molecular flexibility index (Phi) is 4.74. The van der Waals surface area contributed by atoms with Crippen LogP contribution >= 0.6 is 0 Å². The maximum atomic E-state index is 13.9. The van der Waals surface area contributed by atoms with Crippen LogP contribution in [0.5, 0.6) is 0 Å². The number of nitrogens with zero attached hydrogens (tertiary/aromatic N) is 2. The van der Waals surface area contributed by atoms with Crippen molar-refractivity contribution in [2.75, 3.05) is 39.4 Å². The third kappa shape index (κ3) is 3.37. The van der Waals surface area contributed by atoms with Crippen molar-refractivity contribution in [1.82, 2.24) is 15.4 Å². The first-order valence-electron chi connectivity index (χ1n) is 8.99. The first kappa shape index (κ1) is 17.2. The summed E-state index contributed by atoms with van der Waals surface area (Å²) in [6.45, 7) is 4.70. The third-order valence-electron chi connectivity index (χ3n) is 5.14. The molecule has 1 aliphatic carbocycles. The van der Waals surface area contributed by atoms with Crippen molar-refractivity contribution in [3.8, 4) is 11.3 Å². The van der Waals surface area contributed by atoms with E-state index in [0.717, 1.165) is 45.7 Å². The number of aromatic nitrogens is 1. The Hall–Kier alpha value is -2.25. The smallest absolute Gasteiger partial charge is 0.232 e. The Balaban J connectivity index is 1.39. The number of benzene rings is 1. The van der Waals surface area contributed by atoms with Crippen molar-refractivity contribution in [2.45, 2.75) is 18.3 Å². The highest BCUT2D eigenvalue weighted by atomic mass is 19.1. The van der Waals surface area contributed by atoms with Gasteiger partial charge in [-0.25, -0.2) is 4.39 Å². The molecule has 2 heterocycles. The van der Waals surface area contributed by atoms with Crippen LogP contribution < -0.4 is 5.32 Å². The number of halogens is 1. The molecule has 2 aromatic rings. The summed E-state index contributed by atoms with van der Waals surface area (Å²) in [4.78, 5) is 14.9. The molecule has 6 nitrogen and oxygen atoms in total. The van der Waals surface area contributed by atoms with Gasteiger partial charge in [0.2, 0.25) is 5.91 Å². The molecule has 138 valence electrons. The summed E-state index contributed by atoms with van der Waals surface area (Å²) >= 11 is 0. The summed E-state index contributed by atoms with van der Waals surface area (Å²) in [5, 5.41) is 7.07. The van der Waals surface area contributed by atoms with Crippen LogP contribution in [0.2, 0.25) is 0 Å². The first-order chi connectivity index (χ1) is 12.7. The van der Waals surface area contributed by atoms with Crippen LogP contribution in [0.3, 0.4) is 0 Å². The van der Waals surface area contributed by atoms with Crippen molar-refractivity contribution in [1.29, 1.82) is 0 Å². The zero-order valence-electron chi connectivity index (χ0n) is 14.5. The Labute approximate surface area is 151 Å². The molecule has 1 N–H and O–H groups in total. The molecule has 0 bridgehead atoms. The van der Waals surface area contributed by atoms with Crippen molar-refractivity contribution in [2.24, 2.45) is 0 Å². The minimum absolute atomic E-state index is 0.0286. The lowest BCUT2D eigenvalue weighted by Gasteiger charge is -2.26. The number of nitrogens with one attached hydrogen (secondary N) is 1. The third-order valence-corrected chi connectivity index (χ3v) is 5.14. The highest BCUT2D eigenvalue weighted by Gasteiger charge is 2.53. The Morgan fingerprint density at radius 3 is 2.77 bits per heavy atom.